The Bertz CT molecular complexity index is 601. The number of aromatic nitrogens is 1. The van der Waals surface area contributed by atoms with Crippen LogP contribution in [0.25, 0.3) is 0 Å². The fourth-order valence-electron chi connectivity index (χ4n) is 1.43. The number of pyridine rings is 1. The maximum Gasteiger partial charge on any atom is 0.341 e. The molecule has 6 heteroatoms. The third-order valence-electron chi connectivity index (χ3n) is 2.34. The summed E-state index contributed by atoms with van der Waals surface area (Å²) in [6.45, 7) is 0.228. The lowest BCUT2D eigenvalue weighted by Gasteiger charge is -2.08. The van der Waals surface area contributed by atoms with Crippen LogP contribution in [0.3, 0.4) is 0 Å². The van der Waals surface area contributed by atoms with Crippen LogP contribution in [-0.2, 0) is 6.61 Å². The van der Waals surface area contributed by atoms with E-state index in [2.05, 4.69) is 20.9 Å². The molecular formula is C13H9BrClNO3. The van der Waals surface area contributed by atoms with Crippen molar-refractivity contribution < 1.29 is 14.6 Å². The zero-order chi connectivity index (χ0) is 13.8. The lowest BCUT2D eigenvalue weighted by molar-refractivity contribution is 0.0690. The van der Waals surface area contributed by atoms with Crippen molar-refractivity contribution in [1.82, 2.24) is 4.98 Å². The molecule has 0 bridgehead atoms. The topological polar surface area (TPSA) is 59.4 Å². The number of ether oxygens (including phenoxy) is 1. The van der Waals surface area contributed by atoms with Gasteiger partial charge in [-0.05, 0) is 39.7 Å². The Hall–Kier alpha value is -1.59. The fraction of sp³-hybridized carbons (Fsp3) is 0.0769. The van der Waals surface area contributed by atoms with Gasteiger partial charge in [0.15, 0.2) is 0 Å². The number of carbonyl (C=O) groups is 1. The van der Waals surface area contributed by atoms with Crippen LogP contribution in [0.4, 0.5) is 0 Å². The van der Waals surface area contributed by atoms with Crippen LogP contribution in [0.1, 0.15) is 15.9 Å². The Balaban J connectivity index is 2.15. The molecule has 0 saturated carbocycles. The fourth-order valence-corrected chi connectivity index (χ4v) is 1.88. The van der Waals surface area contributed by atoms with Gasteiger partial charge in [-0.1, -0.05) is 23.7 Å². The Morgan fingerprint density at radius 1 is 1.37 bits per heavy atom. The van der Waals surface area contributed by atoms with Gasteiger partial charge in [0, 0.05) is 15.7 Å². The number of carboxylic acids is 1. The van der Waals surface area contributed by atoms with E-state index in [1.54, 1.807) is 12.1 Å². The highest BCUT2D eigenvalue weighted by Gasteiger charge is 2.13. The van der Waals surface area contributed by atoms with Crippen molar-refractivity contribution in [1.29, 1.82) is 0 Å². The van der Waals surface area contributed by atoms with Crippen LogP contribution in [0.5, 0.6) is 5.88 Å². The highest BCUT2D eigenvalue weighted by atomic mass is 79.9. The van der Waals surface area contributed by atoms with Crippen molar-refractivity contribution in [2.45, 2.75) is 6.61 Å². The maximum absolute atomic E-state index is 11.1. The monoisotopic (exact) mass is 341 g/mol. The highest BCUT2D eigenvalue weighted by molar-refractivity contribution is 9.10. The molecular weight excluding hydrogens is 334 g/mol. The van der Waals surface area contributed by atoms with Crippen LogP contribution in [0, 0.1) is 0 Å². The van der Waals surface area contributed by atoms with Gasteiger partial charge in [0.05, 0.1) is 0 Å². The first kappa shape index (κ1) is 13.8. The van der Waals surface area contributed by atoms with Gasteiger partial charge in [-0.25, -0.2) is 9.78 Å². The van der Waals surface area contributed by atoms with E-state index in [9.17, 15) is 4.79 Å². The van der Waals surface area contributed by atoms with Crippen molar-refractivity contribution >= 4 is 33.5 Å². The van der Waals surface area contributed by atoms with Crippen molar-refractivity contribution in [2.24, 2.45) is 0 Å². The minimum atomic E-state index is -1.08. The molecule has 98 valence electrons. The second-order valence-corrected chi connectivity index (χ2v) is 5.08. The molecule has 0 amide bonds. The molecule has 0 aliphatic rings. The molecule has 0 unspecified atom stereocenters. The van der Waals surface area contributed by atoms with E-state index < -0.39 is 5.97 Å². The summed E-state index contributed by atoms with van der Waals surface area (Å²) in [5.74, 6) is -0.995. The van der Waals surface area contributed by atoms with E-state index in [4.69, 9.17) is 21.4 Å². The van der Waals surface area contributed by atoms with Crippen molar-refractivity contribution in [2.75, 3.05) is 0 Å². The molecule has 2 aromatic rings. The summed E-state index contributed by atoms with van der Waals surface area (Å²) in [6.07, 6.45) is 1.49. The first-order valence-corrected chi connectivity index (χ1v) is 6.49. The Kier molecular flexibility index (Phi) is 4.39. The van der Waals surface area contributed by atoms with Crippen LogP contribution in [-0.4, -0.2) is 16.1 Å². The average Bonchev–Trinajstić information content (AvgIpc) is 2.39. The molecule has 19 heavy (non-hydrogen) atoms. The lowest BCUT2D eigenvalue weighted by atomic mass is 10.2. The summed E-state index contributed by atoms with van der Waals surface area (Å²) in [5.41, 5.74) is 0.897. The Morgan fingerprint density at radius 2 is 2.05 bits per heavy atom. The number of hydrogen-bond acceptors (Lipinski definition) is 3. The van der Waals surface area contributed by atoms with Gasteiger partial charge < -0.3 is 9.84 Å². The van der Waals surface area contributed by atoms with E-state index in [0.717, 1.165) is 5.56 Å². The zero-order valence-electron chi connectivity index (χ0n) is 9.64. The van der Waals surface area contributed by atoms with Gasteiger partial charge in [-0.3, -0.25) is 0 Å². The summed E-state index contributed by atoms with van der Waals surface area (Å²) in [5, 5.41) is 9.70. The lowest BCUT2D eigenvalue weighted by Crippen LogP contribution is -2.05. The zero-order valence-corrected chi connectivity index (χ0v) is 12.0. The predicted octanol–water partition coefficient (Wildman–Crippen LogP) is 3.77. The van der Waals surface area contributed by atoms with E-state index in [1.165, 1.54) is 12.3 Å². The molecule has 0 atom stereocenters. The normalized spacial score (nSPS) is 10.2. The molecule has 0 radical (unpaired) electrons. The van der Waals surface area contributed by atoms with Crippen LogP contribution < -0.4 is 4.74 Å². The molecule has 0 fully saturated rings. The molecule has 0 aliphatic heterocycles. The number of nitrogens with zero attached hydrogens (tertiary/aromatic N) is 1. The van der Waals surface area contributed by atoms with E-state index >= 15 is 0 Å². The summed E-state index contributed by atoms with van der Waals surface area (Å²) in [4.78, 5) is 15.0. The van der Waals surface area contributed by atoms with Crippen molar-refractivity contribution in [3.8, 4) is 5.88 Å². The SMILES string of the molecule is O=C(O)c1cc(Br)cnc1OCc1ccc(Cl)cc1. The van der Waals surface area contributed by atoms with Crippen LogP contribution >= 0.6 is 27.5 Å². The molecule has 1 heterocycles. The van der Waals surface area contributed by atoms with Gasteiger partial charge in [0.2, 0.25) is 5.88 Å². The summed E-state index contributed by atoms with van der Waals surface area (Å²) < 4.78 is 6.01. The quantitative estimate of drug-likeness (QED) is 0.918. The second-order valence-electron chi connectivity index (χ2n) is 3.73. The van der Waals surface area contributed by atoms with Gasteiger partial charge in [0.25, 0.3) is 0 Å². The van der Waals surface area contributed by atoms with E-state index in [0.29, 0.717) is 9.50 Å². The molecule has 0 aliphatic carbocycles. The molecule has 0 spiro atoms. The molecule has 4 nitrogen and oxygen atoms in total. The molecule has 0 saturated heterocycles. The van der Waals surface area contributed by atoms with Gasteiger partial charge in [-0.15, -0.1) is 0 Å². The van der Waals surface area contributed by atoms with Crippen LogP contribution in [0.2, 0.25) is 5.02 Å². The van der Waals surface area contributed by atoms with E-state index in [-0.39, 0.29) is 18.1 Å². The summed E-state index contributed by atoms with van der Waals surface area (Å²) >= 11 is 8.95. The molecule has 2 rings (SSSR count). The standard InChI is InChI=1S/C13H9BrClNO3/c14-9-5-11(13(17)18)12(16-6-9)19-7-8-1-3-10(15)4-2-8/h1-6H,7H2,(H,17,18). The number of hydrogen-bond donors (Lipinski definition) is 1. The summed E-state index contributed by atoms with van der Waals surface area (Å²) in [7, 11) is 0. The molecule has 1 N–H and O–H groups in total. The summed E-state index contributed by atoms with van der Waals surface area (Å²) in [6, 6.07) is 8.55. The third kappa shape index (κ3) is 3.68. The van der Waals surface area contributed by atoms with Gasteiger partial charge in [0.1, 0.15) is 12.2 Å². The number of halogens is 2. The van der Waals surface area contributed by atoms with Crippen molar-refractivity contribution in [3.05, 3.63) is 57.2 Å². The number of rotatable bonds is 4. The number of aromatic carboxylic acids is 1. The maximum atomic E-state index is 11.1. The third-order valence-corrected chi connectivity index (χ3v) is 3.02. The minimum Gasteiger partial charge on any atom is -0.477 e. The number of carboxylic acid groups (broad SMARTS) is 1. The van der Waals surface area contributed by atoms with Crippen molar-refractivity contribution in [3.63, 3.8) is 0 Å². The Morgan fingerprint density at radius 3 is 2.68 bits per heavy atom. The van der Waals surface area contributed by atoms with Gasteiger partial charge in [-0.2, -0.15) is 0 Å². The molecule has 1 aromatic heterocycles. The smallest absolute Gasteiger partial charge is 0.341 e. The Labute approximate surface area is 123 Å². The first-order chi connectivity index (χ1) is 9.06. The second kappa shape index (κ2) is 6.04. The largest absolute Gasteiger partial charge is 0.477 e. The molecule has 1 aromatic carbocycles. The average molecular weight is 343 g/mol. The first-order valence-electron chi connectivity index (χ1n) is 5.32. The van der Waals surface area contributed by atoms with Gasteiger partial charge >= 0.3 is 5.97 Å². The highest BCUT2D eigenvalue weighted by Crippen LogP contribution is 2.21. The minimum absolute atomic E-state index is 0.0170. The van der Waals surface area contributed by atoms with E-state index in [1.807, 2.05) is 12.1 Å². The number of benzene rings is 1. The predicted molar refractivity (Wildman–Crippen MR) is 74.7 cm³/mol. The van der Waals surface area contributed by atoms with Crippen LogP contribution in [0.15, 0.2) is 41.0 Å².